The largest absolute Gasteiger partial charge is 0.502 e. The predicted octanol–water partition coefficient (Wildman–Crippen LogP) is 2.00. The highest BCUT2D eigenvalue weighted by atomic mass is 16.5. The lowest BCUT2D eigenvalue weighted by Gasteiger charge is -2.26. The van der Waals surface area contributed by atoms with Gasteiger partial charge in [-0.2, -0.15) is 0 Å². The Balaban J connectivity index is 1.43. The van der Waals surface area contributed by atoms with Crippen molar-refractivity contribution >= 4 is 0 Å². The summed E-state index contributed by atoms with van der Waals surface area (Å²) in [5, 5.41) is 22.8. The van der Waals surface area contributed by atoms with Crippen LogP contribution in [0.2, 0.25) is 0 Å². The topological polar surface area (TPSA) is 111 Å². The number of aliphatic hydroxyl groups excluding tert-OH is 1. The molecule has 0 saturated carbocycles. The third kappa shape index (κ3) is 7.75. The number of aliphatic hydroxyl groups is 1. The number of ether oxygens (including phenoxy) is 1. The molecule has 37 heavy (non-hydrogen) atoms. The Morgan fingerprint density at radius 1 is 1.08 bits per heavy atom. The zero-order chi connectivity index (χ0) is 26.0. The minimum Gasteiger partial charge on any atom is -0.502 e. The number of nitrogens with zero attached hydrogens (tertiary/aromatic N) is 2. The van der Waals surface area contributed by atoms with Crippen molar-refractivity contribution in [1.82, 2.24) is 20.2 Å². The van der Waals surface area contributed by atoms with Crippen molar-refractivity contribution in [2.75, 3.05) is 39.5 Å². The number of hydrogen-bond acceptors (Lipinski definition) is 7. The molecule has 0 radical (unpaired) electrons. The van der Waals surface area contributed by atoms with E-state index in [1.54, 1.807) is 0 Å². The molecule has 3 aromatic rings. The molecule has 2 atom stereocenters. The zero-order valence-electron chi connectivity index (χ0n) is 21.1. The third-order valence-corrected chi connectivity index (χ3v) is 6.53. The van der Waals surface area contributed by atoms with E-state index in [1.807, 2.05) is 31.2 Å². The molecule has 4 rings (SSSR count). The van der Waals surface area contributed by atoms with Crippen molar-refractivity contribution in [1.29, 1.82) is 0 Å². The molecule has 8 nitrogen and oxygen atoms in total. The lowest BCUT2D eigenvalue weighted by molar-refractivity contribution is 0.0342. The van der Waals surface area contributed by atoms with Crippen molar-refractivity contribution in [2.45, 2.75) is 31.8 Å². The monoisotopic (exact) mass is 502 g/mol. The average Bonchev–Trinajstić information content (AvgIpc) is 2.93. The number of H-pyrrole nitrogens is 1. The standard InChI is InChI=1S/C29H34N4O4/c1-21(19-34)30-17-26(16-27-28(35)29(36)32-20-31-27)25-10-8-23(9-11-25)3-2-22-4-6-24(7-5-22)18-33-12-14-37-15-13-33/h4-11,20-21,26,30,34-35H,12-19H2,1H3,(H,31,32,36)/t21-,26?/m1/s1. The SMILES string of the molecule is C[C@H](CO)NCC(Cc1nc[nH]c(=O)c1O)c1ccc(C#Cc2ccc(CN3CCOCC3)cc2)cc1. The van der Waals surface area contributed by atoms with E-state index in [1.165, 1.54) is 11.9 Å². The smallest absolute Gasteiger partial charge is 0.293 e. The normalized spacial score (nSPS) is 15.5. The summed E-state index contributed by atoms with van der Waals surface area (Å²) >= 11 is 0. The van der Waals surface area contributed by atoms with Crippen LogP contribution in [0.25, 0.3) is 0 Å². The molecule has 194 valence electrons. The van der Waals surface area contributed by atoms with Crippen LogP contribution in [0.5, 0.6) is 5.75 Å². The van der Waals surface area contributed by atoms with E-state index in [-0.39, 0.29) is 24.3 Å². The highest BCUT2D eigenvalue weighted by Crippen LogP contribution is 2.23. The predicted molar refractivity (Wildman–Crippen MR) is 142 cm³/mol. The third-order valence-electron chi connectivity index (χ3n) is 6.53. The van der Waals surface area contributed by atoms with E-state index < -0.39 is 5.56 Å². The van der Waals surface area contributed by atoms with E-state index in [2.05, 4.69) is 56.3 Å². The Kier molecular flexibility index (Phi) is 9.46. The number of benzene rings is 2. The van der Waals surface area contributed by atoms with Gasteiger partial charge in [-0.25, -0.2) is 4.98 Å². The van der Waals surface area contributed by atoms with Crippen LogP contribution in [0.15, 0.2) is 59.7 Å². The fraction of sp³-hybridized carbons (Fsp3) is 0.379. The van der Waals surface area contributed by atoms with Gasteiger partial charge < -0.3 is 25.3 Å². The van der Waals surface area contributed by atoms with E-state index in [4.69, 9.17) is 4.74 Å². The van der Waals surface area contributed by atoms with Crippen LogP contribution in [0, 0.1) is 11.8 Å². The van der Waals surface area contributed by atoms with E-state index >= 15 is 0 Å². The summed E-state index contributed by atoms with van der Waals surface area (Å²) in [6.45, 7) is 6.93. The average molecular weight is 503 g/mol. The van der Waals surface area contributed by atoms with Gasteiger partial charge in [-0.05, 0) is 42.3 Å². The molecule has 2 aromatic carbocycles. The number of aromatic amines is 1. The van der Waals surface area contributed by atoms with Crippen molar-refractivity contribution in [3.63, 3.8) is 0 Å². The van der Waals surface area contributed by atoms with Crippen LogP contribution in [-0.2, 0) is 17.7 Å². The molecular weight excluding hydrogens is 468 g/mol. The highest BCUT2D eigenvalue weighted by molar-refractivity contribution is 5.44. The van der Waals surface area contributed by atoms with Crippen molar-refractivity contribution in [3.05, 3.63) is 93.2 Å². The maximum atomic E-state index is 11.8. The Bertz CT molecular complexity index is 1260. The summed E-state index contributed by atoms with van der Waals surface area (Å²) in [6.07, 6.45) is 1.68. The molecule has 1 saturated heterocycles. The molecule has 1 fully saturated rings. The van der Waals surface area contributed by atoms with Gasteiger partial charge >= 0.3 is 0 Å². The molecule has 0 aliphatic carbocycles. The molecule has 8 heteroatoms. The minimum absolute atomic E-state index is 0.0178. The van der Waals surface area contributed by atoms with Gasteiger partial charge in [0.05, 0.1) is 31.8 Å². The fourth-order valence-corrected chi connectivity index (χ4v) is 4.22. The van der Waals surface area contributed by atoms with Crippen molar-refractivity contribution < 1.29 is 14.9 Å². The van der Waals surface area contributed by atoms with Crippen LogP contribution in [-0.4, -0.2) is 70.6 Å². The van der Waals surface area contributed by atoms with Crippen LogP contribution in [0.3, 0.4) is 0 Å². The first-order chi connectivity index (χ1) is 18.0. The zero-order valence-corrected chi connectivity index (χ0v) is 21.1. The minimum atomic E-state index is -0.555. The Morgan fingerprint density at radius 3 is 2.38 bits per heavy atom. The van der Waals surface area contributed by atoms with Gasteiger partial charge in [0.2, 0.25) is 5.75 Å². The van der Waals surface area contributed by atoms with Crippen molar-refractivity contribution in [2.24, 2.45) is 0 Å². The maximum absolute atomic E-state index is 11.8. The van der Waals surface area contributed by atoms with Gasteiger partial charge in [0.1, 0.15) is 0 Å². The second-order valence-electron chi connectivity index (χ2n) is 9.38. The number of aromatic nitrogens is 2. The second kappa shape index (κ2) is 13.2. The lowest BCUT2D eigenvalue weighted by atomic mass is 9.92. The van der Waals surface area contributed by atoms with Crippen LogP contribution in [0.4, 0.5) is 0 Å². The van der Waals surface area contributed by atoms with Crippen LogP contribution in [0.1, 0.15) is 40.8 Å². The molecule has 1 unspecified atom stereocenters. The summed E-state index contributed by atoms with van der Waals surface area (Å²) in [5.41, 5.74) is 3.94. The van der Waals surface area contributed by atoms with Crippen molar-refractivity contribution in [3.8, 4) is 17.6 Å². The number of aromatic hydroxyl groups is 1. The highest BCUT2D eigenvalue weighted by Gasteiger charge is 2.18. The van der Waals surface area contributed by atoms with Gasteiger partial charge in [-0.3, -0.25) is 9.69 Å². The first-order valence-corrected chi connectivity index (χ1v) is 12.6. The second-order valence-corrected chi connectivity index (χ2v) is 9.38. The molecule has 0 bridgehead atoms. The summed E-state index contributed by atoms with van der Waals surface area (Å²) in [5.74, 6) is 6.05. The first-order valence-electron chi connectivity index (χ1n) is 12.6. The summed E-state index contributed by atoms with van der Waals surface area (Å²) in [4.78, 5) is 20.7. The van der Waals surface area contributed by atoms with E-state index in [0.717, 1.165) is 49.5 Å². The Labute approximate surface area is 217 Å². The Hall–Kier alpha value is -3.48. The summed E-state index contributed by atoms with van der Waals surface area (Å²) < 4.78 is 5.42. The summed E-state index contributed by atoms with van der Waals surface area (Å²) in [6, 6.07) is 16.3. The molecule has 0 amide bonds. The quantitative estimate of drug-likeness (QED) is 0.331. The fourth-order valence-electron chi connectivity index (χ4n) is 4.22. The number of nitrogens with one attached hydrogen (secondary N) is 2. The maximum Gasteiger partial charge on any atom is 0.293 e. The Morgan fingerprint density at radius 2 is 1.73 bits per heavy atom. The molecule has 2 heterocycles. The first kappa shape index (κ1) is 26.6. The lowest BCUT2D eigenvalue weighted by Crippen LogP contribution is -2.35. The molecular formula is C29H34N4O4. The van der Waals surface area contributed by atoms with Gasteiger partial charge in [0.25, 0.3) is 5.56 Å². The van der Waals surface area contributed by atoms with Gasteiger partial charge in [-0.1, -0.05) is 36.1 Å². The number of hydrogen-bond donors (Lipinski definition) is 4. The number of rotatable bonds is 9. The van der Waals surface area contributed by atoms with E-state index in [9.17, 15) is 15.0 Å². The molecule has 4 N–H and O–H groups in total. The van der Waals surface area contributed by atoms with Crippen LogP contribution >= 0.6 is 0 Å². The van der Waals surface area contributed by atoms with Crippen LogP contribution < -0.4 is 10.9 Å². The molecule has 0 spiro atoms. The van der Waals surface area contributed by atoms with Gasteiger partial charge in [0, 0.05) is 55.7 Å². The molecule has 1 aliphatic rings. The van der Waals surface area contributed by atoms with Gasteiger partial charge in [-0.15, -0.1) is 0 Å². The summed E-state index contributed by atoms with van der Waals surface area (Å²) in [7, 11) is 0. The van der Waals surface area contributed by atoms with E-state index in [0.29, 0.717) is 18.7 Å². The molecule has 1 aliphatic heterocycles. The molecule has 1 aromatic heterocycles. The van der Waals surface area contributed by atoms with Gasteiger partial charge in [0.15, 0.2) is 0 Å². The number of morpholine rings is 1.